The Morgan fingerprint density at radius 3 is 1.36 bits per heavy atom. The zero-order valence-electron chi connectivity index (χ0n) is 24.1. The Bertz CT molecular complexity index is 1110. The Balaban J connectivity index is 2.49. The number of nitrogens with two attached hydrogens (primary N) is 1. The van der Waals surface area contributed by atoms with E-state index in [1.165, 1.54) is 0 Å². The highest BCUT2D eigenvalue weighted by Gasteiger charge is 2.48. The van der Waals surface area contributed by atoms with Gasteiger partial charge in [0.05, 0.1) is 0 Å². The summed E-state index contributed by atoms with van der Waals surface area (Å²) >= 11 is 0. The molecule has 0 aliphatic carbocycles. The number of primary amides is 1. The monoisotopic (exact) mass is 588 g/mol. The van der Waals surface area contributed by atoms with E-state index in [-0.39, 0.29) is 13.2 Å². The highest BCUT2D eigenvalue weighted by atomic mass is 16.5. The minimum absolute atomic E-state index is 0.148. The van der Waals surface area contributed by atoms with Crippen LogP contribution in [-0.2, 0) is 41.9 Å². The van der Waals surface area contributed by atoms with Crippen molar-refractivity contribution in [3.63, 3.8) is 0 Å². The summed E-state index contributed by atoms with van der Waals surface area (Å²) in [7, 11) is 0. The summed E-state index contributed by atoms with van der Waals surface area (Å²) in [4.78, 5) is 52.9. The zero-order chi connectivity index (χ0) is 31.6. The zero-order valence-corrected chi connectivity index (χ0v) is 24.1. The smallest absolute Gasteiger partial charge is 0.329 e. The summed E-state index contributed by atoms with van der Waals surface area (Å²) in [5.74, 6) is -5.90. The van der Waals surface area contributed by atoms with Gasteiger partial charge in [0.2, 0.25) is 5.91 Å². The third-order valence-electron chi connectivity index (χ3n) is 6.59. The van der Waals surface area contributed by atoms with Crippen LogP contribution < -0.4 is 5.73 Å². The maximum Gasteiger partial charge on any atom is 0.329 e. The molecule has 2 rings (SSSR count). The summed E-state index contributed by atoms with van der Waals surface area (Å²) in [6.45, 7) is 6.08. The van der Waals surface area contributed by atoms with Crippen molar-refractivity contribution in [3.05, 3.63) is 71.8 Å². The summed E-state index contributed by atoms with van der Waals surface area (Å²) < 4.78 is 11.0. The van der Waals surface area contributed by atoms with Gasteiger partial charge >= 0.3 is 11.9 Å². The number of hydrogen-bond acceptors (Lipinski definition) is 10. The predicted molar refractivity (Wildman–Crippen MR) is 150 cm³/mol. The second-order valence-electron chi connectivity index (χ2n) is 10.6. The number of aliphatic hydroxyl groups is 4. The first-order valence-corrected chi connectivity index (χ1v) is 13.5. The van der Waals surface area contributed by atoms with Crippen molar-refractivity contribution in [3.8, 4) is 0 Å². The van der Waals surface area contributed by atoms with Gasteiger partial charge in [-0.2, -0.15) is 0 Å². The second-order valence-corrected chi connectivity index (χ2v) is 10.6. The van der Waals surface area contributed by atoms with Gasteiger partial charge in [-0.05, 0) is 23.0 Å². The van der Waals surface area contributed by atoms with Crippen LogP contribution in [0.4, 0.5) is 0 Å². The molecule has 6 N–H and O–H groups in total. The first-order chi connectivity index (χ1) is 19.8. The molecular weight excluding hydrogens is 548 g/mol. The molecule has 0 aliphatic rings. The molecular formula is C30H40N2O10. The van der Waals surface area contributed by atoms with Crippen molar-refractivity contribution in [2.45, 2.75) is 77.4 Å². The van der Waals surface area contributed by atoms with E-state index in [1.54, 1.807) is 88.4 Å². The lowest BCUT2D eigenvalue weighted by Gasteiger charge is -2.41. The Kier molecular flexibility index (Phi) is 13.1. The lowest BCUT2D eigenvalue weighted by atomic mass is 9.93. The third kappa shape index (κ3) is 9.08. The lowest BCUT2D eigenvalue weighted by Crippen LogP contribution is -2.63. The van der Waals surface area contributed by atoms with Crippen LogP contribution in [0.1, 0.15) is 38.8 Å². The summed E-state index contributed by atoms with van der Waals surface area (Å²) in [6.07, 6.45) is -9.57. The molecule has 0 spiro atoms. The first kappa shape index (κ1) is 34.4. The summed E-state index contributed by atoms with van der Waals surface area (Å²) in [5, 5.41) is 41.3. The first-order valence-electron chi connectivity index (χ1n) is 13.5. The molecule has 6 atom stereocenters. The number of ether oxygens (including phenoxy) is 2. The van der Waals surface area contributed by atoms with Crippen LogP contribution in [0.15, 0.2) is 60.7 Å². The van der Waals surface area contributed by atoms with Crippen LogP contribution in [0, 0.1) is 11.8 Å². The van der Waals surface area contributed by atoms with E-state index in [4.69, 9.17) is 15.2 Å². The molecule has 0 saturated carbocycles. The molecule has 0 saturated heterocycles. The SMILES string of the molecule is CC(C)C(C(=O)OCc1ccccc1)N(C(=O)C(O)C(O)C(O)C(O)C(N)=O)C(C(=O)OCc1ccccc1)C(C)C. The fraction of sp³-hybridized carbons (Fsp3) is 0.467. The number of carbonyl (C=O) groups excluding carboxylic acids is 4. The van der Waals surface area contributed by atoms with Crippen LogP contribution in [0.3, 0.4) is 0 Å². The maximum atomic E-state index is 13.8. The molecule has 12 nitrogen and oxygen atoms in total. The molecule has 42 heavy (non-hydrogen) atoms. The second kappa shape index (κ2) is 16.0. The van der Waals surface area contributed by atoms with Crippen LogP contribution >= 0.6 is 0 Å². The standard InChI is InChI=1S/C30H40N2O10/c1-17(2)21(29(39)41-15-19-11-7-5-8-12-19)32(28(38)26(36)24(34)23(33)25(35)27(31)37)22(18(3)4)30(40)42-16-20-13-9-6-10-14-20/h5-14,17-18,21-26,33-36H,15-16H2,1-4H3,(H2,31,37). The lowest BCUT2D eigenvalue weighted by molar-refractivity contribution is -0.179. The molecule has 0 aliphatic heterocycles. The van der Waals surface area contributed by atoms with Crippen molar-refractivity contribution < 1.29 is 49.1 Å². The van der Waals surface area contributed by atoms with E-state index >= 15 is 0 Å². The number of amides is 2. The summed E-state index contributed by atoms with van der Waals surface area (Å²) in [6, 6.07) is 14.6. The van der Waals surface area contributed by atoms with Crippen molar-refractivity contribution in [2.24, 2.45) is 17.6 Å². The largest absolute Gasteiger partial charge is 0.459 e. The van der Waals surface area contributed by atoms with Gasteiger partial charge in [-0.1, -0.05) is 88.4 Å². The van der Waals surface area contributed by atoms with Crippen LogP contribution in [0.25, 0.3) is 0 Å². The highest BCUT2D eigenvalue weighted by Crippen LogP contribution is 2.25. The van der Waals surface area contributed by atoms with Crippen molar-refractivity contribution in [2.75, 3.05) is 0 Å². The van der Waals surface area contributed by atoms with Gasteiger partial charge in [0, 0.05) is 0 Å². The molecule has 0 fully saturated rings. The number of hydrogen-bond donors (Lipinski definition) is 5. The van der Waals surface area contributed by atoms with Gasteiger partial charge in [0.1, 0.15) is 37.5 Å². The Hall–Kier alpha value is -3.84. The Morgan fingerprint density at radius 1 is 0.667 bits per heavy atom. The van der Waals surface area contributed by atoms with Crippen LogP contribution in [-0.4, -0.2) is 85.6 Å². The minimum Gasteiger partial charge on any atom is -0.459 e. The molecule has 0 bridgehead atoms. The quantitative estimate of drug-likeness (QED) is 0.180. The molecule has 2 amide bonds. The number of esters is 2. The maximum absolute atomic E-state index is 13.8. The Morgan fingerprint density at radius 2 is 1.02 bits per heavy atom. The van der Waals surface area contributed by atoms with Crippen molar-refractivity contribution >= 4 is 23.8 Å². The van der Waals surface area contributed by atoms with Gasteiger partial charge in [0.15, 0.2) is 12.2 Å². The minimum atomic E-state index is -2.49. The van der Waals surface area contributed by atoms with Gasteiger partial charge < -0.3 is 40.5 Å². The van der Waals surface area contributed by atoms with E-state index in [0.29, 0.717) is 11.1 Å². The van der Waals surface area contributed by atoms with E-state index in [1.807, 2.05) is 0 Å². The molecule has 6 unspecified atom stereocenters. The molecule has 230 valence electrons. The number of aliphatic hydroxyl groups excluding tert-OH is 4. The van der Waals surface area contributed by atoms with Crippen LogP contribution in [0.5, 0.6) is 0 Å². The topological polar surface area (TPSA) is 197 Å². The van der Waals surface area contributed by atoms with Crippen molar-refractivity contribution in [1.82, 2.24) is 4.90 Å². The van der Waals surface area contributed by atoms with E-state index in [2.05, 4.69) is 0 Å². The van der Waals surface area contributed by atoms with E-state index in [9.17, 15) is 39.6 Å². The summed E-state index contributed by atoms with van der Waals surface area (Å²) in [5.41, 5.74) is 6.29. The van der Waals surface area contributed by atoms with E-state index in [0.717, 1.165) is 4.90 Å². The van der Waals surface area contributed by atoms with Crippen LogP contribution in [0.2, 0.25) is 0 Å². The van der Waals surface area contributed by atoms with Crippen molar-refractivity contribution in [1.29, 1.82) is 0 Å². The fourth-order valence-electron chi connectivity index (χ4n) is 4.33. The average Bonchev–Trinajstić information content (AvgIpc) is 2.97. The Labute approximate surface area is 244 Å². The molecule has 0 radical (unpaired) electrons. The van der Waals surface area contributed by atoms with Gasteiger partial charge in [-0.25, -0.2) is 9.59 Å². The predicted octanol–water partition coefficient (Wildman–Crippen LogP) is 0.280. The number of rotatable bonds is 15. The average molecular weight is 589 g/mol. The van der Waals surface area contributed by atoms with E-state index < -0.39 is 72.1 Å². The number of benzene rings is 2. The normalized spacial score (nSPS) is 15.7. The van der Waals surface area contributed by atoms with Gasteiger partial charge in [-0.3, -0.25) is 9.59 Å². The molecule has 0 heterocycles. The van der Waals surface area contributed by atoms with Gasteiger partial charge in [0.25, 0.3) is 5.91 Å². The highest BCUT2D eigenvalue weighted by molar-refractivity contribution is 5.92. The molecule has 2 aromatic rings. The molecule has 2 aromatic carbocycles. The van der Waals surface area contributed by atoms with Gasteiger partial charge in [-0.15, -0.1) is 0 Å². The molecule has 0 aromatic heterocycles. The number of nitrogens with zero attached hydrogens (tertiary/aromatic N) is 1. The molecule has 12 heteroatoms. The fourth-order valence-corrected chi connectivity index (χ4v) is 4.33. The number of carbonyl (C=O) groups is 4. The third-order valence-corrected chi connectivity index (χ3v) is 6.59.